The average molecular weight is 328 g/mol. The predicted octanol–water partition coefficient (Wildman–Crippen LogP) is 2.97. The van der Waals surface area contributed by atoms with Gasteiger partial charge in [0.25, 0.3) is 5.91 Å². The number of furan rings is 2. The van der Waals surface area contributed by atoms with Crippen molar-refractivity contribution in [2.45, 2.75) is 13.0 Å². The summed E-state index contributed by atoms with van der Waals surface area (Å²) in [6.07, 6.45) is 3.81. The van der Waals surface area contributed by atoms with Gasteiger partial charge in [-0.1, -0.05) is 0 Å². The van der Waals surface area contributed by atoms with Crippen molar-refractivity contribution in [3.63, 3.8) is 0 Å². The van der Waals surface area contributed by atoms with Gasteiger partial charge in [-0.3, -0.25) is 4.79 Å². The monoisotopic (exact) mass is 327 g/mol. The molecule has 0 unspecified atom stereocenters. The molecule has 2 aromatic heterocycles. The van der Waals surface area contributed by atoms with E-state index in [1.54, 1.807) is 12.3 Å². The molecule has 0 aromatic carbocycles. The van der Waals surface area contributed by atoms with Crippen molar-refractivity contribution in [1.82, 2.24) is 5.32 Å². The first kappa shape index (κ1) is 13.9. The molecule has 0 aliphatic rings. The Kier molecular flexibility index (Phi) is 5.23. The molecule has 0 saturated heterocycles. The van der Waals surface area contributed by atoms with Gasteiger partial charge in [-0.05, 0) is 40.5 Å². The average Bonchev–Trinajstić information content (AvgIpc) is 3.04. The Morgan fingerprint density at radius 1 is 1.32 bits per heavy atom. The molecule has 0 bridgehead atoms. The highest BCUT2D eigenvalue weighted by Crippen LogP contribution is 2.16. The van der Waals surface area contributed by atoms with Crippen LogP contribution in [0.4, 0.5) is 0 Å². The molecule has 0 spiro atoms. The highest BCUT2D eigenvalue weighted by Gasteiger charge is 2.11. The maximum Gasteiger partial charge on any atom is 0.255 e. The normalized spacial score (nSPS) is 10.6. The zero-order valence-corrected chi connectivity index (χ0v) is 11.8. The third kappa shape index (κ3) is 4.25. The molecule has 0 fully saturated rings. The lowest BCUT2D eigenvalue weighted by molar-refractivity contribution is 0.0915. The van der Waals surface area contributed by atoms with Gasteiger partial charge in [-0.2, -0.15) is 0 Å². The van der Waals surface area contributed by atoms with Crippen LogP contribution in [-0.2, 0) is 11.3 Å². The highest BCUT2D eigenvalue weighted by molar-refractivity contribution is 9.10. The van der Waals surface area contributed by atoms with Crippen molar-refractivity contribution in [3.8, 4) is 0 Å². The summed E-state index contributed by atoms with van der Waals surface area (Å²) in [5.41, 5.74) is 0.497. The van der Waals surface area contributed by atoms with Gasteiger partial charge < -0.3 is 18.9 Å². The van der Waals surface area contributed by atoms with E-state index < -0.39 is 0 Å². The third-order valence-corrected chi connectivity index (χ3v) is 3.05. The number of amides is 1. The molecule has 0 aliphatic carbocycles. The standard InChI is InChI=1S/C13H14BrNO4/c14-12-11(4-8-19-12)13(16)15-5-2-6-17-9-10-3-1-7-18-10/h1,3-4,7-8H,2,5-6,9H2,(H,15,16). The lowest BCUT2D eigenvalue weighted by atomic mass is 10.3. The third-order valence-electron chi connectivity index (χ3n) is 2.44. The summed E-state index contributed by atoms with van der Waals surface area (Å²) < 4.78 is 16.0. The smallest absolute Gasteiger partial charge is 0.255 e. The van der Waals surface area contributed by atoms with E-state index in [1.165, 1.54) is 6.26 Å². The lowest BCUT2D eigenvalue weighted by Crippen LogP contribution is -2.25. The summed E-state index contributed by atoms with van der Waals surface area (Å²) in [7, 11) is 0. The Labute approximate surface area is 119 Å². The SMILES string of the molecule is O=C(NCCCOCc1ccco1)c1ccoc1Br. The second-order valence-corrected chi connectivity index (χ2v) is 4.57. The number of hydrogen-bond acceptors (Lipinski definition) is 4. The molecular formula is C13H14BrNO4. The van der Waals surface area contributed by atoms with Crippen molar-refractivity contribution >= 4 is 21.8 Å². The van der Waals surface area contributed by atoms with Crippen LogP contribution < -0.4 is 5.32 Å². The molecule has 0 radical (unpaired) electrons. The van der Waals surface area contributed by atoms with Crippen LogP contribution in [0.5, 0.6) is 0 Å². The Morgan fingerprint density at radius 3 is 2.89 bits per heavy atom. The van der Waals surface area contributed by atoms with Crippen LogP contribution >= 0.6 is 15.9 Å². The number of rotatable bonds is 7. The fraction of sp³-hybridized carbons (Fsp3) is 0.308. The molecule has 102 valence electrons. The predicted molar refractivity (Wildman–Crippen MR) is 71.7 cm³/mol. The molecule has 2 aromatic rings. The summed E-state index contributed by atoms with van der Waals surface area (Å²) >= 11 is 3.16. The van der Waals surface area contributed by atoms with Gasteiger partial charge in [0.15, 0.2) is 4.67 Å². The molecular weight excluding hydrogens is 314 g/mol. The van der Waals surface area contributed by atoms with E-state index >= 15 is 0 Å². The number of ether oxygens (including phenoxy) is 1. The number of nitrogens with one attached hydrogen (secondary N) is 1. The van der Waals surface area contributed by atoms with Crippen molar-refractivity contribution in [1.29, 1.82) is 0 Å². The highest BCUT2D eigenvalue weighted by atomic mass is 79.9. The minimum atomic E-state index is -0.161. The first-order chi connectivity index (χ1) is 9.27. The van der Waals surface area contributed by atoms with E-state index in [-0.39, 0.29) is 5.91 Å². The Morgan fingerprint density at radius 2 is 2.21 bits per heavy atom. The van der Waals surface area contributed by atoms with Crippen LogP contribution in [0.25, 0.3) is 0 Å². The summed E-state index contributed by atoms with van der Waals surface area (Å²) in [5, 5.41) is 2.79. The maximum atomic E-state index is 11.7. The fourth-order valence-corrected chi connectivity index (χ4v) is 1.91. The van der Waals surface area contributed by atoms with Crippen LogP contribution in [0.2, 0.25) is 0 Å². The zero-order valence-electron chi connectivity index (χ0n) is 10.2. The van der Waals surface area contributed by atoms with Crippen LogP contribution in [0.1, 0.15) is 22.5 Å². The van der Waals surface area contributed by atoms with Gasteiger partial charge in [0.1, 0.15) is 12.4 Å². The summed E-state index contributed by atoms with van der Waals surface area (Å²) in [4.78, 5) is 11.7. The van der Waals surface area contributed by atoms with E-state index in [1.807, 2.05) is 12.1 Å². The molecule has 2 rings (SSSR count). The van der Waals surface area contributed by atoms with E-state index in [0.29, 0.717) is 30.0 Å². The second-order valence-electron chi connectivity index (χ2n) is 3.85. The number of carbonyl (C=O) groups is 1. The van der Waals surface area contributed by atoms with Gasteiger partial charge in [0.2, 0.25) is 0 Å². The minimum absolute atomic E-state index is 0.161. The Bertz CT molecular complexity index is 506. The van der Waals surface area contributed by atoms with Crippen LogP contribution in [0, 0.1) is 0 Å². The number of carbonyl (C=O) groups excluding carboxylic acids is 1. The van der Waals surface area contributed by atoms with Crippen molar-refractivity contribution < 1.29 is 18.4 Å². The first-order valence-electron chi connectivity index (χ1n) is 5.88. The topological polar surface area (TPSA) is 64.6 Å². The van der Waals surface area contributed by atoms with E-state index in [4.69, 9.17) is 13.6 Å². The zero-order chi connectivity index (χ0) is 13.5. The molecule has 6 heteroatoms. The van der Waals surface area contributed by atoms with E-state index in [9.17, 15) is 4.79 Å². The van der Waals surface area contributed by atoms with Crippen LogP contribution in [0.15, 0.2) is 44.2 Å². The summed E-state index contributed by atoms with van der Waals surface area (Å²) in [6.45, 7) is 1.57. The number of halogens is 1. The quantitative estimate of drug-likeness (QED) is 0.794. The maximum absolute atomic E-state index is 11.7. The largest absolute Gasteiger partial charge is 0.467 e. The minimum Gasteiger partial charge on any atom is -0.467 e. The molecule has 1 N–H and O–H groups in total. The summed E-state index contributed by atoms with van der Waals surface area (Å²) in [5.74, 6) is 0.637. The summed E-state index contributed by atoms with van der Waals surface area (Å²) in [6, 6.07) is 5.30. The second kappa shape index (κ2) is 7.16. The van der Waals surface area contributed by atoms with Gasteiger partial charge in [0.05, 0.1) is 18.1 Å². The van der Waals surface area contributed by atoms with Gasteiger partial charge in [-0.25, -0.2) is 0 Å². The lowest BCUT2D eigenvalue weighted by Gasteiger charge is -2.04. The van der Waals surface area contributed by atoms with E-state index in [2.05, 4.69) is 21.2 Å². The van der Waals surface area contributed by atoms with Crippen LogP contribution in [0.3, 0.4) is 0 Å². The van der Waals surface area contributed by atoms with Gasteiger partial charge in [-0.15, -0.1) is 0 Å². The van der Waals surface area contributed by atoms with Gasteiger partial charge in [0, 0.05) is 13.2 Å². The molecule has 0 aliphatic heterocycles. The Balaban J connectivity index is 1.57. The molecule has 0 atom stereocenters. The van der Waals surface area contributed by atoms with Crippen molar-refractivity contribution in [2.75, 3.05) is 13.2 Å². The van der Waals surface area contributed by atoms with Crippen molar-refractivity contribution in [2.24, 2.45) is 0 Å². The van der Waals surface area contributed by atoms with E-state index in [0.717, 1.165) is 12.2 Å². The molecule has 5 nitrogen and oxygen atoms in total. The molecule has 1 amide bonds. The molecule has 19 heavy (non-hydrogen) atoms. The number of hydrogen-bond donors (Lipinski definition) is 1. The van der Waals surface area contributed by atoms with Crippen molar-refractivity contribution in [3.05, 3.63) is 46.7 Å². The molecule has 2 heterocycles. The van der Waals surface area contributed by atoms with Crippen LogP contribution in [-0.4, -0.2) is 19.1 Å². The Hall–Kier alpha value is -1.53. The van der Waals surface area contributed by atoms with Gasteiger partial charge >= 0.3 is 0 Å². The fourth-order valence-electron chi connectivity index (χ4n) is 1.49. The first-order valence-corrected chi connectivity index (χ1v) is 6.68. The molecule has 0 saturated carbocycles.